The highest BCUT2D eigenvalue weighted by Gasteiger charge is 2.20. The molecule has 0 aliphatic heterocycles. The van der Waals surface area contributed by atoms with Gasteiger partial charge < -0.3 is 5.32 Å². The zero-order chi connectivity index (χ0) is 17.7. The van der Waals surface area contributed by atoms with E-state index in [0.29, 0.717) is 21.3 Å². The first-order chi connectivity index (χ1) is 11.2. The van der Waals surface area contributed by atoms with Gasteiger partial charge in [-0.25, -0.2) is 13.1 Å². The zero-order valence-electron chi connectivity index (χ0n) is 12.8. The Bertz CT molecular complexity index is 823. The molecule has 0 unspecified atom stereocenters. The van der Waals surface area contributed by atoms with Crippen molar-refractivity contribution < 1.29 is 13.2 Å². The fourth-order valence-electron chi connectivity index (χ4n) is 2.14. The topological polar surface area (TPSA) is 75.3 Å². The Labute approximate surface area is 151 Å². The van der Waals surface area contributed by atoms with Crippen LogP contribution in [0.4, 0.5) is 5.69 Å². The molecule has 0 radical (unpaired) electrons. The molecule has 24 heavy (non-hydrogen) atoms. The molecular formula is C16H16Cl2N2O3S. The summed E-state index contributed by atoms with van der Waals surface area (Å²) < 4.78 is 25.6. The summed E-state index contributed by atoms with van der Waals surface area (Å²) in [6, 6.07) is 12.7. The van der Waals surface area contributed by atoms with Crippen molar-refractivity contribution in [1.29, 1.82) is 0 Å². The minimum Gasteiger partial charge on any atom is -0.326 e. The first kappa shape index (κ1) is 18.7. The van der Waals surface area contributed by atoms with Crippen LogP contribution in [0.1, 0.15) is 18.0 Å². The van der Waals surface area contributed by atoms with Crippen molar-refractivity contribution in [2.24, 2.45) is 0 Å². The lowest BCUT2D eigenvalue weighted by atomic mass is 10.0. The third-order valence-corrected chi connectivity index (χ3v) is 4.33. The Morgan fingerprint density at radius 3 is 2.33 bits per heavy atom. The monoisotopic (exact) mass is 386 g/mol. The van der Waals surface area contributed by atoms with Gasteiger partial charge in [-0.05, 0) is 35.9 Å². The SMILES string of the molecule is CS(=O)(=O)N[C@H](CC(=O)Nc1cccc(Cl)c1)c1ccc(Cl)cc1. The predicted molar refractivity (Wildman–Crippen MR) is 96.9 cm³/mol. The van der Waals surface area contributed by atoms with Crippen molar-refractivity contribution in [3.63, 3.8) is 0 Å². The molecule has 8 heteroatoms. The molecule has 5 nitrogen and oxygen atoms in total. The van der Waals surface area contributed by atoms with E-state index in [0.717, 1.165) is 6.26 Å². The number of halogens is 2. The summed E-state index contributed by atoms with van der Waals surface area (Å²) in [5.74, 6) is -0.339. The number of anilines is 1. The van der Waals surface area contributed by atoms with Gasteiger partial charge >= 0.3 is 0 Å². The number of nitrogens with one attached hydrogen (secondary N) is 2. The summed E-state index contributed by atoms with van der Waals surface area (Å²) >= 11 is 11.7. The van der Waals surface area contributed by atoms with Gasteiger partial charge in [0.05, 0.1) is 12.3 Å². The number of carbonyl (C=O) groups excluding carboxylic acids is 1. The number of rotatable bonds is 6. The van der Waals surface area contributed by atoms with Gasteiger partial charge in [0, 0.05) is 22.2 Å². The molecule has 0 bridgehead atoms. The third-order valence-electron chi connectivity index (χ3n) is 3.13. The van der Waals surface area contributed by atoms with Crippen molar-refractivity contribution in [2.45, 2.75) is 12.5 Å². The molecule has 1 atom stereocenters. The van der Waals surface area contributed by atoms with Crippen LogP contribution in [-0.2, 0) is 14.8 Å². The van der Waals surface area contributed by atoms with E-state index >= 15 is 0 Å². The van der Waals surface area contributed by atoms with Gasteiger partial charge in [-0.3, -0.25) is 4.79 Å². The standard InChI is InChI=1S/C16H16Cl2N2O3S/c1-24(22,23)20-15(11-5-7-12(17)8-6-11)10-16(21)19-14-4-2-3-13(18)9-14/h2-9,15,20H,10H2,1H3,(H,19,21)/t15-/m1/s1. The molecule has 2 N–H and O–H groups in total. The first-order valence-electron chi connectivity index (χ1n) is 7.01. The second-order valence-electron chi connectivity index (χ2n) is 5.26. The van der Waals surface area contributed by atoms with Crippen LogP contribution in [0, 0.1) is 0 Å². The second-order valence-corrected chi connectivity index (χ2v) is 7.91. The number of amides is 1. The molecule has 0 aliphatic rings. The largest absolute Gasteiger partial charge is 0.326 e. The van der Waals surface area contributed by atoms with Crippen molar-refractivity contribution in [3.8, 4) is 0 Å². The summed E-state index contributed by atoms with van der Waals surface area (Å²) in [6.45, 7) is 0. The summed E-state index contributed by atoms with van der Waals surface area (Å²) in [4.78, 5) is 12.2. The maximum Gasteiger partial charge on any atom is 0.226 e. The van der Waals surface area contributed by atoms with E-state index < -0.39 is 16.1 Å². The number of benzene rings is 2. The lowest BCUT2D eigenvalue weighted by molar-refractivity contribution is -0.116. The molecule has 0 heterocycles. The summed E-state index contributed by atoms with van der Waals surface area (Å²) in [7, 11) is -3.49. The molecular weight excluding hydrogens is 371 g/mol. The van der Waals surface area contributed by atoms with Crippen LogP contribution in [0.25, 0.3) is 0 Å². The summed E-state index contributed by atoms with van der Waals surface area (Å²) in [5.41, 5.74) is 1.19. The van der Waals surface area contributed by atoms with Gasteiger partial charge in [-0.2, -0.15) is 0 Å². The molecule has 2 rings (SSSR count). The maximum absolute atomic E-state index is 12.2. The Morgan fingerprint density at radius 2 is 1.75 bits per heavy atom. The molecule has 0 fully saturated rings. The van der Waals surface area contributed by atoms with Crippen LogP contribution in [-0.4, -0.2) is 20.6 Å². The Balaban J connectivity index is 2.15. The van der Waals surface area contributed by atoms with Gasteiger partial charge in [0.2, 0.25) is 15.9 Å². The van der Waals surface area contributed by atoms with Crippen LogP contribution in [0.3, 0.4) is 0 Å². The molecule has 2 aromatic carbocycles. The lowest BCUT2D eigenvalue weighted by Crippen LogP contribution is -2.30. The van der Waals surface area contributed by atoms with Crippen LogP contribution >= 0.6 is 23.2 Å². The molecule has 0 saturated carbocycles. The minimum atomic E-state index is -3.49. The molecule has 0 spiro atoms. The fraction of sp³-hybridized carbons (Fsp3) is 0.188. The zero-order valence-corrected chi connectivity index (χ0v) is 15.1. The van der Waals surface area contributed by atoms with Crippen LogP contribution < -0.4 is 10.0 Å². The second kappa shape index (κ2) is 7.98. The van der Waals surface area contributed by atoms with Gasteiger partial charge in [0.15, 0.2) is 0 Å². The van der Waals surface area contributed by atoms with E-state index in [-0.39, 0.29) is 12.3 Å². The molecule has 2 aromatic rings. The van der Waals surface area contributed by atoms with Crippen LogP contribution in [0.15, 0.2) is 48.5 Å². The van der Waals surface area contributed by atoms with Crippen molar-refractivity contribution in [2.75, 3.05) is 11.6 Å². The molecule has 128 valence electrons. The van der Waals surface area contributed by atoms with Gasteiger partial charge in [-0.15, -0.1) is 0 Å². The van der Waals surface area contributed by atoms with Gasteiger partial charge in [0.1, 0.15) is 0 Å². The lowest BCUT2D eigenvalue weighted by Gasteiger charge is -2.18. The van der Waals surface area contributed by atoms with Crippen molar-refractivity contribution >= 4 is 44.8 Å². The van der Waals surface area contributed by atoms with Gasteiger partial charge in [-0.1, -0.05) is 41.4 Å². The number of carbonyl (C=O) groups is 1. The highest BCUT2D eigenvalue weighted by atomic mass is 35.5. The Morgan fingerprint density at radius 1 is 1.08 bits per heavy atom. The number of sulfonamides is 1. The Kier molecular flexibility index (Phi) is 6.23. The summed E-state index contributed by atoms with van der Waals surface area (Å²) in [6.07, 6.45) is 0.978. The van der Waals surface area contributed by atoms with E-state index in [9.17, 15) is 13.2 Å². The van der Waals surface area contributed by atoms with Crippen molar-refractivity contribution in [1.82, 2.24) is 4.72 Å². The minimum absolute atomic E-state index is 0.0682. The highest BCUT2D eigenvalue weighted by Crippen LogP contribution is 2.22. The van der Waals surface area contributed by atoms with E-state index in [1.807, 2.05) is 0 Å². The van der Waals surface area contributed by atoms with Crippen LogP contribution in [0.2, 0.25) is 10.0 Å². The molecule has 0 aliphatic carbocycles. The molecule has 0 aromatic heterocycles. The van der Waals surface area contributed by atoms with Gasteiger partial charge in [0.25, 0.3) is 0 Å². The van der Waals surface area contributed by atoms with E-state index in [1.165, 1.54) is 0 Å². The normalized spacial score (nSPS) is 12.6. The highest BCUT2D eigenvalue weighted by molar-refractivity contribution is 7.88. The van der Waals surface area contributed by atoms with E-state index in [4.69, 9.17) is 23.2 Å². The average molecular weight is 387 g/mol. The summed E-state index contributed by atoms with van der Waals surface area (Å²) in [5, 5.41) is 3.72. The average Bonchev–Trinajstić information content (AvgIpc) is 2.45. The third kappa shape index (κ3) is 6.13. The van der Waals surface area contributed by atoms with E-state index in [1.54, 1.807) is 48.5 Å². The fourth-order valence-corrected chi connectivity index (χ4v) is 3.20. The van der Waals surface area contributed by atoms with Crippen LogP contribution in [0.5, 0.6) is 0 Å². The predicted octanol–water partition coefficient (Wildman–Crippen LogP) is 3.61. The van der Waals surface area contributed by atoms with E-state index in [2.05, 4.69) is 10.0 Å². The number of hydrogen-bond acceptors (Lipinski definition) is 3. The maximum atomic E-state index is 12.2. The first-order valence-corrected chi connectivity index (χ1v) is 9.66. The molecule has 0 saturated heterocycles. The Hall–Kier alpha value is -1.60. The smallest absolute Gasteiger partial charge is 0.226 e. The number of hydrogen-bond donors (Lipinski definition) is 2. The molecule has 1 amide bonds. The van der Waals surface area contributed by atoms with Crippen molar-refractivity contribution in [3.05, 3.63) is 64.1 Å². The quantitative estimate of drug-likeness (QED) is 0.795.